The van der Waals surface area contributed by atoms with Crippen LogP contribution >= 0.6 is 14.7 Å². The maximum Gasteiger partial charge on any atom is 0.420 e. The Hall–Kier alpha value is 0.540. The molecule has 1 aliphatic rings. The molecule has 0 aromatic heterocycles. The topological polar surface area (TPSA) is 72.9 Å². The van der Waals surface area contributed by atoms with Gasteiger partial charge in [-0.25, -0.2) is 8.42 Å². The van der Waals surface area contributed by atoms with Crippen LogP contribution in [0.1, 0.15) is 110 Å². The number of nitrogens with zero attached hydrogens (tertiary/aromatic N) is 1. The van der Waals surface area contributed by atoms with E-state index in [2.05, 4.69) is 6.92 Å². The smallest absolute Gasteiger partial charge is 0.338 e. The summed E-state index contributed by atoms with van der Waals surface area (Å²) < 4.78 is 37.6. The molecular formula is C23H45NO5P2S3+2. The van der Waals surface area contributed by atoms with Crippen LogP contribution in [0.15, 0.2) is 0 Å². The summed E-state index contributed by atoms with van der Waals surface area (Å²) in [5.74, 6) is -1.94. The highest BCUT2D eigenvalue weighted by Gasteiger charge is 2.83. The minimum absolute atomic E-state index is 0.217. The zero-order valence-corrected chi connectivity index (χ0v) is 25.7. The van der Waals surface area contributed by atoms with Crippen molar-refractivity contribution in [3.8, 4) is 0 Å². The molecule has 1 rings (SSSR count). The Kier molecular flexibility index (Phi) is 16.4. The van der Waals surface area contributed by atoms with Gasteiger partial charge in [0, 0.05) is 20.8 Å². The summed E-state index contributed by atoms with van der Waals surface area (Å²) in [6.45, 7) is 2.48. The summed E-state index contributed by atoms with van der Waals surface area (Å²) in [5.41, 5.74) is 0. The molecule has 1 heterocycles. The Bertz CT molecular complexity index is 724. The lowest BCUT2D eigenvalue weighted by atomic mass is 10.0. The molecule has 34 heavy (non-hydrogen) atoms. The molecule has 1 fully saturated rings. The van der Waals surface area contributed by atoms with Gasteiger partial charge in [-0.15, -0.1) is 4.31 Å². The number of carbonyl (C=O) groups is 1. The van der Waals surface area contributed by atoms with Crippen molar-refractivity contribution in [3.63, 3.8) is 0 Å². The van der Waals surface area contributed by atoms with E-state index < -0.39 is 25.9 Å². The second-order valence-corrected chi connectivity index (χ2v) is 14.4. The number of carbonyl (C=O) groups excluding carboxylic acids is 1. The quantitative estimate of drug-likeness (QED) is 0.0901. The van der Waals surface area contributed by atoms with Crippen LogP contribution in [0.5, 0.6) is 0 Å². The van der Waals surface area contributed by atoms with Gasteiger partial charge in [0.1, 0.15) is 0 Å². The van der Waals surface area contributed by atoms with E-state index in [9.17, 15) is 13.2 Å². The summed E-state index contributed by atoms with van der Waals surface area (Å²) in [4.78, 5) is 12.8. The van der Waals surface area contributed by atoms with E-state index in [0.717, 1.165) is 19.3 Å². The fourth-order valence-electron chi connectivity index (χ4n) is 4.66. The third-order valence-corrected chi connectivity index (χ3v) is 14.2. The standard InChI is InChI=1S/C23H43NO5P2S3/c1-4-5-6-7-8-9-10-11-12-13-14-15-16-17-18-19-20-24-23(30-32,31-33)22(28-2,29-3)21(25)34(24,26)27/h4-20H2,1-3H3/p+2. The van der Waals surface area contributed by atoms with Gasteiger partial charge in [0.2, 0.25) is 14.7 Å². The monoisotopic (exact) mass is 573 g/mol. The van der Waals surface area contributed by atoms with Gasteiger partial charge in [-0.3, -0.25) is 4.79 Å². The van der Waals surface area contributed by atoms with Crippen molar-refractivity contribution in [1.29, 1.82) is 0 Å². The molecule has 0 aromatic carbocycles. The predicted octanol–water partition coefficient (Wildman–Crippen LogP) is 6.34. The third kappa shape index (κ3) is 8.02. The molecule has 0 N–H and O–H groups in total. The maximum atomic E-state index is 12.9. The number of ether oxygens (including phenoxy) is 2. The molecule has 0 spiro atoms. The fourth-order valence-corrected chi connectivity index (χ4v) is 12.3. The number of sulfonamides is 1. The lowest BCUT2D eigenvalue weighted by molar-refractivity contribution is -0.207. The van der Waals surface area contributed by atoms with Crippen molar-refractivity contribution in [2.75, 3.05) is 20.8 Å². The summed E-state index contributed by atoms with van der Waals surface area (Å²) in [6, 6.07) is 0. The van der Waals surface area contributed by atoms with Gasteiger partial charge in [0.15, 0.2) is 23.6 Å². The first-order chi connectivity index (χ1) is 16.3. The highest BCUT2D eigenvalue weighted by atomic mass is 32.4. The number of rotatable bonds is 21. The molecule has 2 atom stereocenters. The van der Waals surface area contributed by atoms with Gasteiger partial charge in [-0.1, -0.05) is 103 Å². The van der Waals surface area contributed by atoms with Gasteiger partial charge in [-0.2, -0.15) is 0 Å². The Balaban J connectivity index is 2.28. The molecule has 198 valence electrons. The van der Waals surface area contributed by atoms with Crippen LogP contribution in [0, 0.1) is 0 Å². The molecule has 0 aliphatic carbocycles. The molecule has 0 radical (unpaired) electrons. The zero-order valence-electron chi connectivity index (χ0n) is 21.2. The summed E-state index contributed by atoms with van der Waals surface area (Å²) in [6.07, 6.45) is 19.9. The molecule has 2 unspecified atom stereocenters. The molecule has 0 aromatic rings. The highest BCUT2D eigenvalue weighted by Crippen LogP contribution is 2.56. The van der Waals surface area contributed by atoms with Crippen molar-refractivity contribution < 1.29 is 22.7 Å². The van der Waals surface area contributed by atoms with Crippen LogP contribution in [0.3, 0.4) is 0 Å². The Morgan fingerprint density at radius 1 is 0.735 bits per heavy atom. The van der Waals surface area contributed by atoms with Crippen LogP contribution in [0.4, 0.5) is 0 Å². The Morgan fingerprint density at radius 3 is 1.41 bits per heavy atom. The van der Waals surface area contributed by atoms with Gasteiger partial charge in [0.25, 0.3) is 10.0 Å². The summed E-state index contributed by atoms with van der Waals surface area (Å²) >= 11 is 10.6. The second kappa shape index (κ2) is 17.1. The first-order valence-electron chi connectivity index (χ1n) is 12.8. The van der Waals surface area contributed by atoms with E-state index in [0.29, 0.717) is 6.42 Å². The average molecular weight is 574 g/mol. The number of hydrogen-bond acceptors (Lipinski definition) is 7. The van der Waals surface area contributed by atoms with Crippen LogP contribution in [-0.4, -0.2) is 49.4 Å². The number of hydrogen-bond donors (Lipinski definition) is 0. The Labute approximate surface area is 221 Å². The second-order valence-electron chi connectivity index (χ2n) is 9.11. The van der Waals surface area contributed by atoms with E-state index in [4.69, 9.17) is 33.1 Å². The van der Waals surface area contributed by atoms with E-state index in [1.165, 1.54) is 95.6 Å². The molecule has 0 bridgehead atoms. The van der Waals surface area contributed by atoms with Crippen LogP contribution in [-0.2, 0) is 47.9 Å². The lowest BCUT2D eigenvalue weighted by Crippen LogP contribution is -2.55. The first kappa shape index (κ1) is 32.6. The van der Waals surface area contributed by atoms with Crippen molar-refractivity contribution in [1.82, 2.24) is 4.31 Å². The average Bonchev–Trinajstić information content (AvgIpc) is 2.98. The van der Waals surface area contributed by atoms with Crippen molar-refractivity contribution in [3.05, 3.63) is 0 Å². The number of unbranched alkanes of at least 4 members (excludes halogenated alkanes) is 15. The van der Waals surface area contributed by atoms with Gasteiger partial charge in [0.05, 0.1) is 0 Å². The van der Waals surface area contributed by atoms with Gasteiger partial charge in [-0.05, 0) is 6.42 Å². The molecule has 6 nitrogen and oxygen atoms in total. The van der Waals surface area contributed by atoms with Crippen molar-refractivity contribution >= 4 is 53.5 Å². The molecule has 1 saturated heterocycles. The van der Waals surface area contributed by atoms with E-state index in [1.807, 2.05) is 0 Å². The molecule has 0 amide bonds. The highest BCUT2D eigenvalue weighted by molar-refractivity contribution is 8.10. The summed E-state index contributed by atoms with van der Waals surface area (Å²) in [5, 5.41) is -2.40. The number of methoxy groups -OCH3 is 2. The van der Waals surface area contributed by atoms with Crippen LogP contribution in [0.2, 0.25) is 0 Å². The first-order valence-corrected chi connectivity index (χ1v) is 18.5. The van der Waals surface area contributed by atoms with Crippen molar-refractivity contribution in [2.24, 2.45) is 0 Å². The van der Waals surface area contributed by atoms with Crippen LogP contribution < -0.4 is 0 Å². The largest absolute Gasteiger partial charge is 0.420 e. The zero-order chi connectivity index (χ0) is 25.5. The summed E-state index contributed by atoms with van der Waals surface area (Å²) in [7, 11) is -2.36. The van der Waals surface area contributed by atoms with E-state index in [1.54, 1.807) is 0 Å². The maximum absolute atomic E-state index is 12.9. The molecule has 1 aliphatic heterocycles. The molecule has 11 heteroatoms. The van der Waals surface area contributed by atoms with Gasteiger partial charge >= 0.3 is 15.9 Å². The van der Waals surface area contributed by atoms with E-state index >= 15 is 0 Å². The lowest BCUT2D eigenvalue weighted by Gasteiger charge is -2.27. The van der Waals surface area contributed by atoms with Crippen LogP contribution in [0.25, 0.3) is 0 Å². The molecular weight excluding hydrogens is 528 g/mol. The molecule has 0 saturated carbocycles. The SMILES string of the molecule is CCCCCCCCCCCCCCCCCCN1C([PH+]=S)([PH+]=S)C(OC)(OC)C(=O)S1(=O)=O. The van der Waals surface area contributed by atoms with E-state index in [-0.39, 0.29) is 21.3 Å². The third-order valence-electron chi connectivity index (χ3n) is 6.73. The minimum Gasteiger partial charge on any atom is -0.338 e. The Morgan fingerprint density at radius 2 is 1.09 bits per heavy atom. The van der Waals surface area contributed by atoms with Gasteiger partial charge < -0.3 is 9.47 Å². The fraction of sp³-hybridized carbons (Fsp3) is 0.957. The normalized spacial score (nSPS) is 22.1. The van der Waals surface area contributed by atoms with Crippen molar-refractivity contribution in [2.45, 2.75) is 120 Å². The minimum atomic E-state index is -4.23. The predicted molar refractivity (Wildman–Crippen MR) is 151 cm³/mol.